The molecule has 18 heavy (non-hydrogen) atoms. The van der Waals surface area contributed by atoms with Crippen LogP contribution in [-0.4, -0.2) is 19.1 Å². The van der Waals surface area contributed by atoms with Crippen molar-refractivity contribution in [3.05, 3.63) is 35.4 Å². The molecule has 1 aromatic rings. The molecule has 0 bridgehead atoms. The fraction of sp³-hybridized carbons (Fsp3) is 0.273. The second kappa shape index (κ2) is 5.40. The summed E-state index contributed by atoms with van der Waals surface area (Å²) in [6.07, 6.45) is -4.74. The third-order valence-electron chi connectivity index (χ3n) is 2.26. The fourth-order valence-corrected chi connectivity index (χ4v) is 1.27. The smallest absolute Gasteiger partial charge is 0.404 e. The Bertz CT molecular complexity index is 470. The number of halogens is 3. The molecule has 1 atom stereocenters. The molecule has 1 amide bonds. The number of ether oxygens (including phenoxy) is 1. The summed E-state index contributed by atoms with van der Waals surface area (Å²) in [7, 11) is 0. The highest BCUT2D eigenvalue weighted by Gasteiger charge is 2.43. The molecule has 96 valence electrons. The number of nitrogens with zero attached hydrogens (tertiary/aromatic N) is 1. The van der Waals surface area contributed by atoms with Gasteiger partial charge < -0.3 is 10.5 Å². The predicted molar refractivity (Wildman–Crippen MR) is 55.5 cm³/mol. The number of amides is 1. The van der Waals surface area contributed by atoms with E-state index in [2.05, 4.69) is 10.5 Å². The number of nitriles is 1. The van der Waals surface area contributed by atoms with Gasteiger partial charge in [-0.2, -0.15) is 5.26 Å². The zero-order valence-electron chi connectivity index (χ0n) is 9.07. The number of hydrogen-bond donors (Lipinski definition) is 1. The van der Waals surface area contributed by atoms with Gasteiger partial charge in [0.25, 0.3) is 6.43 Å². The minimum atomic E-state index is -3.40. The van der Waals surface area contributed by atoms with E-state index in [9.17, 15) is 18.0 Å². The van der Waals surface area contributed by atoms with Gasteiger partial charge in [-0.3, -0.25) is 0 Å². The van der Waals surface area contributed by atoms with Crippen molar-refractivity contribution in [2.75, 3.05) is 6.61 Å². The first kappa shape index (κ1) is 13.8. The van der Waals surface area contributed by atoms with Crippen LogP contribution in [0.2, 0.25) is 0 Å². The number of hydrogen-bond acceptors (Lipinski definition) is 3. The van der Waals surface area contributed by atoms with Crippen LogP contribution in [0, 0.1) is 11.3 Å². The minimum absolute atomic E-state index is 0.200. The van der Waals surface area contributed by atoms with Gasteiger partial charge in [-0.1, -0.05) is 12.1 Å². The Morgan fingerprint density at radius 1 is 1.44 bits per heavy atom. The van der Waals surface area contributed by atoms with Gasteiger partial charge in [-0.15, -0.1) is 0 Å². The molecular weight excluding hydrogens is 249 g/mol. The van der Waals surface area contributed by atoms with E-state index >= 15 is 0 Å². The second-order valence-corrected chi connectivity index (χ2v) is 3.46. The van der Waals surface area contributed by atoms with E-state index in [0.717, 1.165) is 12.1 Å². The summed E-state index contributed by atoms with van der Waals surface area (Å²) in [5, 5.41) is 8.54. The summed E-state index contributed by atoms with van der Waals surface area (Å²) in [5.74, 6) is 0. The van der Waals surface area contributed by atoms with Crippen LogP contribution in [0.4, 0.5) is 18.0 Å². The summed E-state index contributed by atoms with van der Waals surface area (Å²) >= 11 is 0. The SMILES string of the molecule is N#Cc1ccc(C(F)(COC(N)=O)C(F)F)cc1. The van der Waals surface area contributed by atoms with Crippen molar-refractivity contribution in [1.29, 1.82) is 5.26 Å². The number of benzene rings is 1. The van der Waals surface area contributed by atoms with E-state index in [1.165, 1.54) is 12.1 Å². The van der Waals surface area contributed by atoms with Crippen LogP contribution in [0.1, 0.15) is 11.1 Å². The monoisotopic (exact) mass is 258 g/mol. The molecule has 4 nitrogen and oxygen atoms in total. The maximum absolute atomic E-state index is 14.1. The summed E-state index contributed by atoms with van der Waals surface area (Å²) in [5.41, 5.74) is 1.27. The predicted octanol–water partition coefficient (Wildman–Crippen LogP) is 2.08. The lowest BCUT2D eigenvalue weighted by atomic mass is 9.96. The molecule has 7 heteroatoms. The summed E-state index contributed by atoms with van der Waals surface area (Å²) in [6.45, 7) is -1.19. The van der Waals surface area contributed by atoms with Gasteiger partial charge in [0.15, 0.2) is 0 Å². The molecule has 0 spiro atoms. The van der Waals surface area contributed by atoms with Crippen molar-refractivity contribution in [2.45, 2.75) is 12.1 Å². The molecule has 0 fully saturated rings. The summed E-state index contributed by atoms with van der Waals surface area (Å²) in [6, 6.07) is 6.22. The third-order valence-corrected chi connectivity index (χ3v) is 2.26. The van der Waals surface area contributed by atoms with Crippen LogP contribution < -0.4 is 5.73 Å². The molecule has 0 aliphatic heterocycles. The van der Waals surface area contributed by atoms with E-state index in [0.29, 0.717) is 0 Å². The molecule has 1 aromatic carbocycles. The molecule has 0 saturated carbocycles. The normalized spacial score (nSPS) is 13.7. The van der Waals surface area contributed by atoms with Crippen LogP contribution in [-0.2, 0) is 10.4 Å². The Balaban J connectivity index is 3.02. The van der Waals surface area contributed by atoms with Crippen molar-refractivity contribution >= 4 is 6.09 Å². The minimum Gasteiger partial charge on any atom is -0.446 e. The largest absolute Gasteiger partial charge is 0.446 e. The third kappa shape index (κ3) is 2.91. The van der Waals surface area contributed by atoms with Crippen molar-refractivity contribution in [3.63, 3.8) is 0 Å². The number of carbonyl (C=O) groups excluding carboxylic acids is 1. The molecule has 1 unspecified atom stereocenters. The highest BCUT2D eigenvalue weighted by atomic mass is 19.3. The van der Waals surface area contributed by atoms with Gasteiger partial charge in [-0.25, -0.2) is 18.0 Å². The summed E-state index contributed by atoms with van der Waals surface area (Å²) < 4.78 is 43.6. The van der Waals surface area contributed by atoms with Gasteiger partial charge in [0.1, 0.15) is 6.61 Å². The van der Waals surface area contributed by atoms with Crippen LogP contribution in [0.5, 0.6) is 0 Å². The average Bonchev–Trinajstić information content (AvgIpc) is 2.35. The highest BCUT2D eigenvalue weighted by Crippen LogP contribution is 2.33. The highest BCUT2D eigenvalue weighted by molar-refractivity contribution is 5.64. The maximum atomic E-state index is 14.1. The van der Waals surface area contributed by atoms with Gasteiger partial charge >= 0.3 is 6.09 Å². The van der Waals surface area contributed by atoms with Crippen molar-refractivity contribution < 1.29 is 22.7 Å². The standard InChI is InChI=1S/C11H9F3N2O2/c12-9(13)11(14,6-18-10(16)17)8-3-1-7(5-15)2-4-8/h1-4,9H,6H2,(H2,16,17). The van der Waals surface area contributed by atoms with Crippen LogP contribution in [0.25, 0.3) is 0 Å². The van der Waals surface area contributed by atoms with Gasteiger partial charge in [0.2, 0.25) is 5.67 Å². The lowest BCUT2D eigenvalue weighted by Gasteiger charge is -2.24. The van der Waals surface area contributed by atoms with Crippen molar-refractivity contribution in [3.8, 4) is 6.07 Å². The van der Waals surface area contributed by atoms with Gasteiger partial charge in [0.05, 0.1) is 11.6 Å². The molecule has 0 aliphatic carbocycles. The first-order valence-electron chi connectivity index (χ1n) is 4.80. The molecule has 0 aliphatic rings. The zero-order chi connectivity index (χ0) is 13.8. The molecule has 1 rings (SSSR count). The van der Waals surface area contributed by atoms with E-state index in [-0.39, 0.29) is 5.56 Å². The lowest BCUT2D eigenvalue weighted by molar-refractivity contribution is -0.0733. The van der Waals surface area contributed by atoms with Gasteiger partial charge in [-0.05, 0) is 17.7 Å². The molecule has 0 aromatic heterocycles. The Hall–Kier alpha value is -2.23. The van der Waals surface area contributed by atoms with Gasteiger partial charge in [0, 0.05) is 0 Å². The Morgan fingerprint density at radius 3 is 2.39 bits per heavy atom. The first-order valence-corrected chi connectivity index (χ1v) is 4.80. The molecule has 0 saturated heterocycles. The Morgan fingerprint density at radius 2 is 2.00 bits per heavy atom. The van der Waals surface area contributed by atoms with Crippen LogP contribution >= 0.6 is 0 Å². The Kier molecular flexibility index (Phi) is 4.15. The summed E-state index contributed by atoms with van der Waals surface area (Å²) in [4.78, 5) is 10.3. The quantitative estimate of drug-likeness (QED) is 0.898. The number of rotatable bonds is 4. The number of alkyl halides is 3. The van der Waals surface area contributed by atoms with E-state index in [4.69, 9.17) is 5.26 Å². The maximum Gasteiger partial charge on any atom is 0.404 e. The van der Waals surface area contributed by atoms with Crippen LogP contribution in [0.15, 0.2) is 24.3 Å². The first-order chi connectivity index (χ1) is 8.40. The van der Waals surface area contributed by atoms with Crippen molar-refractivity contribution in [2.24, 2.45) is 5.73 Å². The topological polar surface area (TPSA) is 76.1 Å². The molecule has 0 radical (unpaired) electrons. The molecular formula is C11H9F3N2O2. The molecule has 0 heterocycles. The fourth-order valence-electron chi connectivity index (χ4n) is 1.27. The van der Waals surface area contributed by atoms with Crippen LogP contribution in [0.3, 0.4) is 0 Å². The van der Waals surface area contributed by atoms with E-state index < -0.39 is 30.4 Å². The second-order valence-electron chi connectivity index (χ2n) is 3.46. The van der Waals surface area contributed by atoms with Crippen molar-refractivity contribution in [1.82, 2.24) is 0 Å². The zero-order valence-corrected chi connectivity index (χ0v) is 9.07. The number of primary amides is 1. The average molecular weight is 258 g/mol. The number of carbonyl (C=O) groups is 1. The Labute approximate surface area is 101 Å². The molecule has 2 N–H and O–H groups in total. The lowest BCUT2D eigenvalue weighted by Crippen LogP contribution is -2.36. The van der Waals surface area contributed by atoms with E-state index in [1.54, 1.807) is 6.07 Å². The number of nitrogens with two attached hydrogens (primary N) is 1. The van der Waals surface area contributed by atoms with E-state index in [1.807, 2.05) is 0 Å².